The number of aromatic amines is 1. The van der Waals surface area contributed by atoms with Crippen LogP contribution in [0.25, 0.3) is 11.3 Å². The van der Waals surface area contributed by atoms with Gasteiger partial charge in [-0.25, -0.2) is 4.98 Å². The topological polar surface area (TPSA) is 73.8 Å². The second-order valence-corrected chi connectivity index (χ2v) is 6.81. The summed E-state index contributed by atoms with van der Waals surface area (Å²) in [6, 6.07) is 10.2. The Balaban J connectivity index is 1.82. The first-order chi connectivity index (χ1) is 12.4. The molecule has 0 bridgehead atoms. The maximum absolute atomic E-state index is 4.61. The van der Waals surface area contributed by atoms with E-state index in [9.17, 15) is 0 Å². The van der Waals surface area contributed by atoms with Crippen LogP contribution in [0.4, 0.5) is 11.9 Å². The fraction of sp³-hybridized carbons (Fsp3) is 0.368. The third kappa shape index (κ3) is 3.99. The average Bonchev–Trinajstić information content (AvgIpc) is 3.10. The highest BCUT2D eigenvalue weighted by molar-refractivity contribution is 5.58. The molecule has 0 unspecified atom stereocenters. The number of hydrogen-bond acceptors (Lipinski definition) is 6. The monoisotopic (exact) mass is 351 g/mol. The first kappa shape index (κ1) is 17.8. The first-order valence-corrected chi connectivity index (χ1v) is 8.67. The Morgan fingerprint density at radius 2 is 1.65 bits per heavy atom. The minimum atomic E-state index is 0.233. The zero-order valence-corrected chi connectivity index (χ0v) is 15.9. The van der Waals surface area contributed by atoms with Crippen molar-refractivity contribution in [3.63, 3.8) is 0 Å². The number of nitrogens with zero attached hydrogens (tertiary/aromatic N) is 6. The van der Waals surface area contributed by atoms with Gasteiger partial charge in [-0.2, -0.15) is 15.0 Å². The Morgan fingerprint density at radius 3 is 2.31 bits per heavy atom. The van der Waals surface area contributed by atoms with Crippen LogP contribution in [0.2, 0.25) is 0 Å². The van der Waals surface area contributed by atoms with Crippen molar-refractivity contribution in [2.24, 2.45) is 0 Å². The van der Waals surface area contributed by atoms with Crippen LogP contribution in [-0.4, -0.2) is 46.1 Å². The Bertz CT molecular complexity index is 829. The van der Waals surface area contributed by atoms with Gasteiger partial charge in [-0.15, -0.1) is 0 Å². The molecular weight excluding hydrogens is 326 g/mol. The van der Waals surface area contributed by atoms with Crippen molar-refractivity contribution in [1.29, 1.82) is 0 Å². The highest BCUT2D eigenvalue weighted by Gasteiger charge is 2.15. The van der Waals surface area contributed by atoms with E-state index >= 15 is 0 Å². The van der Waals surface area contributed by atoms with Gasteiger partial charge in [0.25, 0.3) is 0 Å². The van der Waals surface area contributed by atoms with Crippen LogP contribution in [0.15, 0.2) is 36.5 Å². The number of imidazole rings is 1. The lowest BCUT2D eigenvalue weighted by atomic mass is 10.2. The van der Waals surface area contributed by atoms with E-state index in [1.165, 1.54) is 0 Å². The van der Waals surface area contributed by atoms with E-state index in [1.54, 1.807) is 0 Å². The third-order valence-corrected chi connectivity index (χ3v) is 3.99. The molecule has 7 nitrogen and oxygen atoms in total. The van der Waals surface area contributed by atoms with Gasteiger partial charge >= 0.3 is 0 Å². The van der Waals surface area contributed by atoms with Crippen molar-refractivity contribution in [2.45, 2.75) is 26.3 Å². The molecule has 3 rings (SSSR count). The maximum Gasteiger partial charge on any atom is 0.230 e. The summed E-state index contributed by atoms with van der Waals surface area (Å²) >= 11 is 0. The van der Waals surface area contributed by atoms with Crippen molar-refractivity contribution in [3.8, 4) is 11.3 Å². The van der Waals surface area contributed by atoms with Crippen LogP contribution < -0.4 is 9.80 Å². The molecule has 0 saturated heterocycles. The summed E-state index contributed by atoms with van der Waals surface area (Å²) in [5, 5.41) is 0. The second-order valence-electron chi connectivity index (χ2n) is 6.81. The van der Waals surface area contributed by atoms with Gasteiger partial charge in [0.05, 0.1) is 18.4 Å². The van der Waals surface area contributed by atoms with E-state index in [1.807, 2.05) is 55.3 Å². The van der Waals surface area contributed by atoms with Crippen LogP contribution in [0.3, 0.4) is 0 Å². The Hall–Kier alpha value is -2.96. The summed E-state index contributed by atoms with van der Waals surface area (Å²) in [5.74, 6) is 3.19. The van der Waals surface area contributed by atoms with Crippen LogP contribution in [0.5, 0.6) is 0 Å². The minimum Gasteiger partial charge on any atom is -0.347 e. The van der Waals surface area contributed by atoms with Crippen molar-refractivity contribution < 1.29 is 0 Å². The van der Waals surface area contributed by atoms with Gasteiger partial charge in [0.1, 0.15) is 11.6 Å². The highest BCUT2D eigenvalue weighted by Crippen LogP contribution is 2.19. The molecule has 0 atom stereocenters. The molecule has 0 aliphatic heterocycles. The molecule has 0 spiro atoms. The van der Waals surface area contributed by atoms with Gasteiger partial charge < -0.3 is 14.8 Å². The van der Waals surface area contributed by atoms with Gasteiger partial charge in [-0.1, -0.05) is 44.2 Å². The maximum atomic E-state index is 4.61. The summed E-state index contributed by atoms with van der Waals surface area (Å²) < 4.78 is 0. The van der Waals surface area contributed by atoms with Crippen molar-refractivity contribution in [2.75, 3.05) is 30.9 Å². The largest absolute Gasteiger partial charge is 0.347 e. The lowest BCUT2D eigenvalue weighted by Crippen LogP contribution is -2.23. The molecule has 2 aromatic heterocycles. The normalized spacial score (nSPS) is 11.0. The average molecular weight is 351 g/mol. The molecule has 0 radical (unpaired) electrons. The standard InChI is InChI=1S/C19H25N7/c1-13(2)17-22-18(25(3)4)24-19(23-17)26(5)12-16-20-11-15(21-16)14-9-7-6-8-10-14/h6-11,13H,12H2,1-5H3,(H,20,21). The van der Waals surface area contributed by atoms with Gasteiger partial charge in [0.15, 0.2) is 0 Å². The fourth-order valence-corrected chi connectivity index (χ4v) is 2.50. The molecule has 0 aliphatic rings. The van der Waals surface area contributed by atoms with E-state index in [0.29, 0.717) is 18.4 Å². The summed E-state index contributed by atoms with van der Waals surface area (Å²) in [5.41, 5.74) is 2.12. The molecule has 1 aromatic carbocycles. The molecule has 0 aliphatic carbocycles. The van der Waals surface area contributed by atoms with Crippen molar-refractivity contribution >= 4 is 11.9 Å². The lowest BCUT2D eigenvalue weighted by molar-refractivity contribution is 0.731. The zero-order chi connectivity index (χ0) is 18.7. The molecule has 0 amide bonds. The van der Waals surface area contributed by atoms with E-state index in [0.717, 1.165) is 22.9 Å². The van der Waals surface area contributed by atoms with Gasteiger partial charge in [-0.05, 0) is 5.56 Å². The van der Waals surface area contributed by atoms with E-state index in [-0.39, 0.29) is 5.92 Å². The molecule has 136 valence electrons. The van der Waals surface area contributed by atoms with E-state index < -0.39 is 0 Å². The molecule has 7 heteroatoms. The number of nitrogens with one attached hydrogen (secondary N) is 1. The number of aromatic nitrogens is 5. The SMILES string of the molecule is CC(C)c1nc(N(C)C)nc(N(C)Cc2ncc(-c3ccccc3)[nH]2)n1. The van der Waals surface area contributed by atoms with Crippen LogP contribution in [-0.2, 0) is 6.54 Å². The van der Waals surface area contributed by atoms with Crippen molar-refractivity contribution in [3.05, 3.63) is 48.2 Å². The molecule has 2 heterocycles. The van der Waals surface area contributed by atoms with Crippen LogP contribution in [0.1, 0.15) is 31.4 Å². The molecule has 0 fully saturated rings. The van der Waals surface area contributed by atoms with Gasteiger partial charge in [-0.3, -0.25) is 0 Å². The molecular formula is C19H25N7. The Morgan fingerprint density at radius 1 is 0.962 bits per heavy atom. The number of rotatable bonds is 6. The highest BCUT2D eigenvalue weighted by atomic mass is 15.3. The summed E-state index contributed by atoms with van der Waals surface area (Å²) in [7, 11) is 5.83. The van der Waals surface area contributed by atoms with Gasteiger partial charge in [0, 0.05) is 27.1 Å². The predicted octanol–water partition coefficient (Wildman–Crippen LogP) is 3.09. The van der Waals surface area contributed by atoms with E-state index in [4.69, 9.17) is 0 Å². The Kier molecular flexibility index (Phi) is 5.16. The fourth-order valence-electron chi connectivity index (χ4n) is 2.50. The molecule has 26 heavy (non-hydrogen) atoms. The van der Waals surface area contributed by atoms with Gasteiger partial charge in [0.2, 0.25) is 11.9 Å². The summed E-state index contributed by atoms with van der Waals surface area (Å²) in [4.78, 5) is 25.4. The van der Waals surface area contributed by atoms with Crippen molar-refractivity contribution in [1.82, 2.24) is 24.9 Å². The molecule has 0 saturated carbocycles. The van der Waals surface area contributed by atoms with Crippen LogP contribution >= 0.6 is 0 Å². The number of benzene rings is 1. The smallest absolute Gasteiger partial charge is 0.230 e. The quantitative estimate of drug-likeness (QED) is 0.736. The minimum absolute atomic E-state index is 0.233. The predicted molar refractivity (Wildman–Crippen MR) is 104 cm³/mol. The Labute approximate surface area is 154 Å². The summed E-state index contributed by atoms with van der Waals surface area (Å²) in [6.07, 6.45) is 1.86. The molecule has 1 N–H and O–H groups in total. The second kappa shape index (κ2) is 7.51. The van der Waals surface area contributed by atoms with E-state index in [2.05, 4.69) is 50.9 Å². The number of anilines is 2. The molecule has 3 aromatic rings. The zero-order valence-electron chi connectivity index (χ0n) is 15.9. The lowest BCUT2D eigenvalue weighted by Gasteiger charge is -2.19. The third-order valence-electron chi connectivity index (χ3n) is 3.99. The first-order valence-electron chi connectivity index (χ1n) is 8.67. The van der Waals surface area contributed by atoms with Crippen LogP contribution in [0, 0.1) is 0 Å². The number of hydrogen-bond donors (Lipinski definition) is 1. The number of H-pyrrole nitrogens is 1. The summed E-state index contributed by atoms with van der Waals surface area (Å²) in [6.45, 7) is 4.75.